The quantitative estimate of drug-likeness (QED) is 0.727. The van der Waals surface area contributed by atoms with E-state index in [0.29, 0.717) is 5.69 Å². The van der Waals surface area contributed by atoms with E-state index < -0.39 is 36.3 Å². The van der Waals surface area contributed by atoms with Crippen molar-refractivity contribution in [3.05, 3.63) is 61.3 Å². The predicted octanol–water partition coefficient (Wildman–Crippen LogP) is 0.789. The molecule has 0 saturated carbocycles. The van der Waals surface area contributed by atoms with E-state index in [4.69, 9.17) is 4.74 Å². The molecule has 9 heteroatoms. The molecule has 1 aromatic heterocycles. The molecule has 0 atom stereocenters. The number of amides is 1. The number of aryl methyl sites for hydroxylation is 1. The Hall–Kier alpha value is -2.68. The summed E-state index contributed by atoms with van der Waals surface area (Å²) >= 11 is 3.36. The van der Waals surface area contributed by atoms with Crippen molar-refractivity contribution in [2.24, 2.45) is 0 Å². The summed E-state index contributed by atoms with van der Waals surface area (Å²) in [7, 11) is 0. The van der Waals surface area contributed by atoms with Gasteiger partial charge in [0, 0.05) is 22.4 Å². The van der Waals surface area contributed by atoms with Gasteiger partial charge in [0.1, 0.15) is 6.54 Å². The van der Waals surface area contributed by atoms with Gasteiger partial charge < -0.3 is 10.1 Å². The molecule has 0 saturated heterocycles. The second-order valence-corrected chi connectivity index (χ2v) is 5.77. The zero-order chi connectivity index (χ0) is 17.7. The van der Waals surface area contributed by atoms with Gasteiger partial charge in [0.15, 0.2) is 6.61 Å². The Balaban J connectivity index is 1.86. The molecule has 24 heavy (non-hydrogen) atoms. The minimum Gasteiger partial charge on any atom is -0.454 e. The number of nitrogens with zero attached hydrogens (tertiary/aromatic N) is 1. The monoisotopic (exact) mass is 395 g/mol. The van der Waals surface area contributed by atoms with E-state index in [-0.39, 0.29) is 0 Å². The van der Waals surface area contributed by atoms with Crippen LogP contribution in [0, 0.1) is 6.92 Å². The molecule has 0 aliphatic rings. The maximum Gasteiger partial charge on any atom is 0.328 e. The summed E-state index contributed by atoms with van der Waals surface area (Å²) in [5.74, 6) is -1.27. The third-order valence-corrected chi connectivity index (χ3v) is 3.89. The molecule has 0 fully saturated rings. The fraction of sp³-hybridized carbons (Fsp3) is 0.200. The van der Waals surface area contributed by atoms with Crippen LogP contribution in [0.15, 0.2) is 44.5 Å². The SMILES string of the molecule is Cc1cc(NC(=O)COC(=O)Cn2ccc(=O)[nH]c2=O)ccc1Br. The topological polar surface area (TPSA) is 110 Å². The average Bonchev–Trinajstić information content (AvgIpc) is 2.52. The van der Waals surface area contributed by atoms with Crippen molar-refractivity contribution in [2.75, 3.05) is 11.9 Å². The third-order valence-electron chi connectivity index (χ3n) is 3.00. The first kappa shape index (κ1) is 17.7. The molecule has 126 valence electrons. The summed E-state index contributed by atoms with van der Waals surface area (Å²) in [6.45, 7) is 0.994. The molecular formula is C15H14BrN3O5. The molecule has 2 aromatic rings. The Morgan fingerprint density at radius 2 is 2.04 bits per heavy atom. The third kappa shape index (κ3) is 4.92. The molecule has 2 N–H and O–H groups in total. The van der Waals surface area contributed by atoms with Gasteiger partial charge in [-0.05, 0) is 30.7 Å². The van der Waals surface area contributed by atoms with Crippen molar-refractivity contribution in [1.82, 2.24) is 9.55 Å². The number of aromatic nitrogens is 2. The van der Waals surface area contributed by atoms with Crippen LogP contribution < -0.4 is 16.6 Å². The van der Waals surface area contributed by atoms with E-state index in [1.807, 2.05) is 11.9 Å². The summed E-state index contributed by atoms with van der Waals surface area (Å²) in [5, 5.41) is 2.60. The Kier molecular flexibility index (Phi) is 5.69. The number of halogens is 1. The summed E-state index contributed by atoms with van der Waals surface area (Å²) < 4.78 is 6.69. The summed E-state index contributed by atoms with van der Waals surface area (Å²) in [6.07, 6.45) is 1.17. The van der Waals surface area contributed by atoms with Gasteiger partial charge in [-0.15, -0.1) is 0 Å². The highest BCUT2D eigenvalue weighted by molar-refractivity contribution is 9.10. The largest absolute Gasteiger partial charge is 0.454 e. The second-order valence-electron chi connectivity index (χ2n) is 4.91. The van der Waals surface area contributed by atoms with Crippen LogP contribution in [0.2, 0.25) is 0 Å². The first-order valence-corrected chi connectivity index (χ1v) is 7.66. The highest BCUT2D eigenvalue weighted by atomic mass is 79.9. The number of nitrogens with one attached hydrogen (secondary N) is 2. The molecular weight excluding hydrogens is 382 g/mol. The normalized spacial score (nSPS) is 10.2. The number of esters is 1. The number of anilines is 1. The van der Waals surface area contributed by atoms with E-state index >= 15 is 0 Å². The van der Waals surface area contributed by atoms with Gasteiger partial charge in [-0.2, -0.15) is 0 Å². The summed E-state index contributed by atoms with van der Waals surface area (Å²) in [6, 6.07) is 6.37. The smallest absolute Gasteiger partial charge is 0.328 e. The van der Waals surface area contributed by atoms with Gasteiger partial charge in [0.2, 0.25) is 0 Å². The second kappa shape index (κ2) is 7.73. The Morgan fingerprint density at radius 3 is 2.71 bits per heavy atom. The number of hydrogen-bond acceptors (Lipinski definition) is 5. The molecule has 8 nitrogen and oxygen atoms in total. The first-order valence-electron chi connectivity index (χ1n) is 6.86. The lowest BCUT2D eigenvalue weighted by molar-refractivity contribution is -0.148. The molecule has 1 heterocycles. The molecule has 0 aliphatic carbocycles. The van der Waals surface area contributed by atoms with Crippen molar-refractivity contribution in [1.29, 1.82) is 0 Å². The average molecular weight is 396 g/mol. The highest BCUT2D eigenvalue weighted by Gasteiger charge is 2.10. The number of H-pyrrole nitrogens is 1. The molecule has 2 rings (SSSR count). The lowest BCUT2D eigenvalue weighted by atomic mass is 10.2. The van der Waals surface area contributed by atoms with Gasteiger partial charge in [-0.1, -0.05) is 15.9 Å². The minimum atomic E-state index is -0.772. The molecule has 0 aliphatic heterocycles. The van der Waals surface area contributed by atoms with Crippen LogP contribution in [0.3, 0.4) is 0 Å². The number of carbonyl (C=O) groups is 2. The van der Waals surface area contributed by atoms with E-state index in [1.165, 1.54) is 6.20 Å². The van der Waals surface area contributed by atoms with Gasteiger partial charge in [-0.3, -0.25) is 23.9 Å². The number of benzene rings is 1. The fourth-order valence-electron chi connectivity index (χ4n) is 1.82. The number of aromatic amines is 1. The maximum absolute atomic E-state index is 11.8. The summed E-state index contributed by atoms with van der Waals surface area (Å²) in [4.78, 5) is 47.8. The molecule has 0 spiro atoms. The Labute approximate surface area is 144 Å². The van der Waals surface area contributed by atoms with Gasteiger partial charge in [0.05, 0.1) is 0 Å². The standard InChI is InChI=1S/C15H14BrN3O5/c1-9-6-10(2-3-11(9)16)17-13(21)8-24-14(22)7-19-5-4-12(20)18-15(19)23/h2-6H,7-8H2,1H3,(H,17,21)(H,18,20,23). The van der Waals surface area contributed by atoms with Crippen molar-refractivity contribution < 1.29 is 14.3 Å². The van der Waals surface area contributed by atoms with Crippen LogP contribution in [0.5, 0.6) is 0 Å². The lowest BCUT2D eigenvalue weighted by Gasteiger charge is -2.08. The number of hydrogen-bond donors (Lipinski definition) is 2. The van der Waals surface area contributed by atoms with Crippen LogP contribution in [-0.4, -0.2) is 28.0 Å². The number of ether oxygens (including phenoxy) is 1. The van der Waals surface area contributed by atoms with E-state index in [2.05, 4.69) is 21.2 Å². The Morgan fingerprint density at radius 1 is 1.29 bits per heavy atom. The zero-order valence-corrected chi connectivity index (χ0v) is 14.3. The lowest BCUT2D eigenvalue weighted by Crippen LogP contribution is -2.32. The number of carbonyl (C=O) groups excluding carboxylic acids is 2. The van der Waals surface area contributed by atoms with Crippen molar-refractivity contribution in [3.63, 3.8) is 0 Å². The van der Waals surface area contributed by atoms with Crippen molar-refractivity contribution in [3.8, 4) is 0 Å². The highest BCUT2D eigenvalue weighted by Crippen LogP contribution is 2.19. The van der Waals surface area contributed by atoms with Crippen LogP contribution >= 0.6 is 15.9 Å². The van der Waals surface area contributed by atoms with Crippen LogP contribution in [0.1, 0.15) is 5.56 Å². The van der Waals surface area contributed by atoms with E-state index in [0.717, 1.165) is 20.7 Å². The van der Waals surface area contributed by atoms with Crippen LogP contribution in [0.4, 0.5) is 5.69 Å². The molecule has 0 bridgehead atoms. The first-order chi connectivity index (χ1) is 11.3. The van der Waals surface area contributed by atoms with Crippen LogP contribution in [-0.2, 0) is 20.9 Å². The van der Waals surface area contributed by atoms with Gasteiger partial charge >= 0.3 is 11.7 Å². The fourth-order valence-corrected chi connectivity index (χ4v) is 2.07. The molecule has 1 amide bonds. The molecule has 0 unspecified atom stereocenters. The minimum absolute atomic E-state index is 0.402. The number of rotatable bonds is 5. The molecule has 0 radical (unpaired) electrons. The zero-order valence-electron chi connectivity index (χ0n) is 12.7. The van der Waals surface area contributed by atoms with E-state index in [9.17, 15) is 19.2 Å². The van der Waals surface area contributed by atoms with Gasteiger partial charge in [-0.25, -0.2) is 4.79 Å². The molecule has 1 aromatic carbocycles. The predicted molar refractivity (Wildman–Crippen MR) is 89.8 cm³/mol. The maximum atomic E-state index is 11.8. The van der Waals surface area contributed by atoms with Gasteiger partial charge in [0.25, 0.3) is 11.5 Å². The van der Waals surface area contributed by atoms with Crippen molar-refractivity contribution >= 4 is 33.5 Å². The van der Waals surface area contributed by atoms with Crippen molar-refractivity contribution in [2.45, 2.75) is 13.5 Å². The summed E-state index contributed by atoms with van der Waals surface area (Å²) in [5.41, 5.74) is 0.235. The van der Waals surface area contributed by atoms with Crippen LogP contribution in [0.25, 0.3) is 0 Å². The van der Waals surface area contributed by atoms with E-state index in [1.54, 1.807) is 18.2 Å². The Bertz CT molecular complexity index is 887.